The third-order valence-electron chi connectivity index (χ3n) is 4.36. The lowest BCUT2D eigenvalue weighted by atomic mass is 9.95. The van der Waals surface area contributed by atoms with Crippen LogP contribution in [0.1, 0.15) is 50.8 Å². The molecule has 1 aromatic rings. The van der Waals surface area contributed by atoms with Crippen molar-refractivity contribution in [3.05, 3.63) is 35.4 Å². The molecule has 0 aromatic heterocycles. The van der Waals surface area contributed by atoms with E-state index in [1.165, 1.54) is 5.56 Å². The maximum Gasteiger partial charge on any atom is 0.407 e. The van der Waals surface area contributed by atoms with E-state index in [9.17, 15) is 9.59 Å². The van der Waals surface area contributed by atoms with E-state index < -0.39 is 6.09 Å². The lowest BCUT2D eigenvalue weighted by Crippen LogP contribution is -2.44. The van der Waals surface area contributed by atoms with Crippen molar-refractivity contribution in [2.24, 2.45) is 5.92 Å². The van der Waals surface area contributed by atoms with Crippen molar-refractivity contribution in [1.29, 1.82) is 0 Å². The molecule has 0 aliphatic carbocycles. The number of rotatable bonds is 8. The van der Waals surface area contributed by atoms with Crippen LogP contribution in [0, 0.1) is 5.92 Å². The lowest BCUT2D eigenvalue weighted by molar-refractivity contribution is -0.124. The number of benzene rings is 1. The summed E-state index contributed by atoms with van der Waals surface area (Å²) in [4.78, 5) is 24.1. The van der Waals surface area contributed by atoms with E-state index in [2.05, 4.69) is 30.5 Å². The molecule has 6 nitrogen and oxygen atoms in total. The van der Waals surface area contributed by atoms with Crippen molar-refractivity contribution in [3.63, 3.8) is 0 Å². The fraction of sp³-hybridized carbons (Fsp3) is 0.600. The van der Waals surface area contributed by atoms with Gasteiger partial charge < -0.3 is 20.1 Å². The maximum absolute atomic E-state index is 12.4. The van der Waals surface area contributed by atoms with Gasteiger partial charge in [0.15, 0.2) is 0 Å². The zero-order chi connectivity index (χ0) is 18.9. The number of carbonyl (C=O) groups excluding carboxylic acids is 2. The predicted molar refractivity (Wildman–Crippen MR) is 99.9 cm³/mol. The molecule has 0 spiro atoms. The Morgan fingerprint density at radius 2 is 2.08 bits per heavy atom. The molecule has 144 valence electrons. The highest BCUT2D eigenvalue weighted by molar-refractivity contribution is 5.77. The van der Waals surface area contributed by atoms with Crippen LogP contribution in [0.5, 0.6) is 0 Å². The minimum atomic E-state index is -0.447. The molecule has 0 saturated carbocycles. The smallest absolute Gasteiger partial charge is 0.407 e. The Bertz CT molecular complexity index is 603. The van der Waals surface area contributed by atoms with Crippen LogP contribution in [0.3, 0.4) is 0 Å². The average Bonchev–Trinajstić information content (AvgIpc) is 2.60. The number of ether oxygens (including phenoxy) is 2. The summed E-state index contributed by atoms with van der Waals surface area (Å²) in [5.41, 5.74) is 2.34. The second-order valence-electron chi connectivity index (χ2n) is 7.01. The Morgan fingerprint density at radius 3 is 2.81 bits per heavy atom. The van der Waals surface area contributed by atoms with Gasteiger partial charge in [-0.1, -0.05) is 38.1 Å². The van der Waals surface area contributed by atoms with Crippen LogP contribution in [0.4, 0.5) is 4.79 Å². The number of alkyl carbamates (subject to hydrolysis) is 1. The van der Waals surface area contributed by atoms with Gasteiger partial charge in [-0.15, -0.1) is 0 Å². The first kappa shape index (κ1) is 20.2. The summed E-state index contributed by atoms with van der Waals surface area (Å²) in [7, 11) is 0. The number of carbonyl (C=O) groups is 2. The molecule has 26 heavy (non-hydrogen) atoms. The molecular weight excluding hydrogens is 332 g/mol. The molecule has 1 heterocycles. The molecule has 1 aliphatic heterocycles. The van der Waals surface area contributed by atoms with E-state index in [0.29, 0.717) is 25.7 Å². The molecule has 0 bridgehead atoms. The lowest BCUT2D eigenvalue weighted by Gasteiger charge is -2.26. The van der Waals surface area contributed by atoms with E-state index in [-0.39, 0.29) is 24.5 Å². The van der Waals surface area contributed by atoms with Gasteiger partial charge in [0.1, 0.15) is 0 Å². The van der Waals surface area contributed by atoms with Crippen LogP contribution < -0.4 is 10.6 Å². The third kappa shape index (κ3) is 6.33. The van der Waals surface area contributed by atoms with Gasteiger partial charge in [-0.2, -0.15) is 0 Å². The van der Waals surface area contributed by atoms with E-state index in [1.54, 1.807) is 6.92 Å². The molecule has 1 aromatic carbocycles. The highest BCUT2D eigenvalue weighted by atomic mass is 16.5. The first-order valence-electron chi connectivity index (χ1n) is 9.39. The molecule has 1 aliphatic rings. The van der Waals surface area contributed by atoms with Gasteiger partial charge in [0.05, 0.1) is 25.7 Å². The van der Waals surface area contributed by atoms with Crippen molar-refractivity contribution in [1.82, 2.24) is 10.6 Å². The zero-order valence-corrected chi connectivity index (χ0v) is 15.9. The maximum atomic E-state index is 12.4. The molecule has 2 N–H and O–H groups in total. The highest BCUT2D eigenvalue weighted by Crippen LogP contribution is 2.29. The summed E-state index contributed by atoms with van der Waals surface area (Å²) in [6, 6.07) is 7.94. The summed E-state index contributed by atoms with van der Waals surface area (Å²) in [5.74, 6) is 0.318. The van der Waals surface area contributed by atoms with Crippen molar-refractivity contribution < 1.29 is 19.1 Å². The van der Waals surface area contributed by atoms with E-state index >= 15 is 0 Å². The van der Waals surface area contributed by atoms with Crippen LogP contribution in [0.2, 0.25) is 0 Å². The van der Waals surface area contributed by atoms with Gasteiger partial charge in [-0.05, 0) is 36.8 Å². The SMILES string of the molecule is CCOC(=O)NC(CNC(=O)CC1OCCc2ccccc21)CC(C)C. The molecular formula is C20H30N2O4. The van der Waals surface area contributed by atoms with Crippen LogP contribution in [-0.4, -0.2) is 37.8 Å². The third-order valence-corrected chi connectivity index (χ3v) is 4.36. The summed E-state index contributed by atoms with van der Waals surface area (Å²) >= 11 is 0. The van der Waals surface area contributed by atoms with Gasteiger partial charge in [0.2, 0.25) is 5.91 Å². The van der Waals surface area contributed by atoms with Crippen molar-refractivity contribution >= 4 is 12.0 Å². The van der Waals surface area contributed by atoms with Crippen LogP contribution in [0.25, 0.3) is 0 Å². The van der Waals surface area contributed by atoms with Gasteiger partial charge in [-0.3, -0.25) is 4.79 Å². The Morgan fingerprint density at radius 1 is 1.31 bits per heavy atom. The number of hydrogen-bond acceptors (Lipinski definition) is 4. The van der Waals surface area contributed by atoms with Gasteiger partial charge in [0, 0.05) is 12.6 Å². The fourth-order valence-corrected chi connectivity index (χ4v) is 3.23. The largest absolute Gasteiger partial charge is 0.450 e. The summed E-state index contributed by atoms with van der Waals surface area (Å²) in [6.07, 6.45) is 1.28. The van der Waals surface area contributed by atoms with Crippen molar-refractivity contribution in [3.8, 4) is 0 Å². The van der Waals surface area contributed by atoms with Gasteiger partial charge >= 0.3 is 6.09 Å². The Kier molecular flexibility index (Phi) is 7.91. The van der Waals surface area contributed by atoms with Gasteiger partial charge in [0.25, 0.3) is 0 Å². The van der Waals surface area contributed by atoms with Crippen LogP contribution in [0.15, 0.2) is 24.3 Å². The molecule has 0 saturated heterocycles. The molecule has 2 unspecified atom stereocenters. The van der Waals surface area contributed by atoms with E-state index in [0.717, 1.165) is 18.4 Å². The topological polar surface area (TPSA) is 76.7 Å². The molecule has 0 radical (unpaired) electrons. The number of hydrogen-bond donors (Lipinski definition) is 2. The first-order valence-corrected chi connectivity index (χ1v) is 9.39. The summed E-state index contributed by atoms with van der Waals surface area (Å²) < 4.78 is 10.7. The predicted octanol–water partition coefficient (Wildman–Crippen LogP) is 2.97. The summed E-state index contributed by atoms with van der Waals surface area (Å²) in [6.45, 7) is 7.26. The molecule has 6 heteroatoms. The fourth-order valence-electron chi connectivity index (χ4n) is 3.23. The Hall–Kier alpha value is -2.08. The molecule has 2 atom stereocenters. The molecule has 2 rings (SSSR count). The van der Waals surface area contributed by atoms with E-state index in [4.69, 9.17) is 9.47 Å². The van der Waals surface area contributed by atoms with Crippen LogP contribution in [-0.2, 0) is 20.7 Å². The van der Waals surface area contributed by atoms with Crippen molar-refractivity contribution in [2.75, 3.05) is 19.8 Å². The monoisotopic (exact) mass is 362 g/mol. The van der Waals surface area contributed by atoms with Gasteiger partial charge in [-0.25, -0.2) is 4.79 Å². The number of nitrogens with one attached hydrogen (secondary N) is 2. The minimum absolute atomic E-state index is 0.0777. The highest BCUT2D eigenvalue weighted by Gasteiger charge is 2.23. The Labute approximate surface area is 155 Å². The minimum Gasteiger partial charge on any atom is -0.450 e. The summed E-state index contributed by atoms with van der Waals surface area (Å²) in [5, 5.41) is 5.74. The number of amides is 2. The number of fused-ring (bicyclic) bond motifs is 1. The second kappa shape index (κ2) is 10.2. The molecule has 2 amide bonds. The Balaban J connectivity index is 1.87. The average molecular weight is 362 g/mol. The normalized spacial score (nSPS) is 17.3. The second-order valence-corrected chi connectivity index (χ2v) is 7.01. The van der Waals surface area contributed by atoms with Crippen molar-refractivity contribution in [2.45, 2.75) is 52.2 Å². The first-order chi connectivity index (χ1) is 12.5. The quantitative estimate of drug-likeness (QED) is 0.745. The van der Waals surface area contributed by atoms with E-state index in [1.807, 2.05) is 18.2 Å². The van der Waals surface area contributed by atoms with Crippen LogP contribution >= 0.6 is 0 Å². The molecule has 0 fully saturated rings. The zero-order valence-electron chi connectivity index (χ0n) is 15.9. The standard InChI is InChI=1S/C20H30N2O4/c1-4-25-20(24)22-16(11-14(2)3)13-21-19(23)12-18-17-8-6-5-7-15(17)9-10-26-18/h5-8,14,16,18H,4,9-13H2,1-3H3,(H,21,23)(H,22,24).